The monoisotopic (exact) mass is 284 g/mol. The third kappa shape index (κ3) is 2.72. The van der Waals surface area contributed by atoms with Gasteiger partial charge in [0.15, 0.2) is 11.6 Å². The summed E-state index contributed by atoms with van der Waals surface area (Å²) in [5.41, 5.74) is 8.97. The molecule has 102 valence electrons. The van der Waals surface area contributed by atoms with Crippen LogP contribution in [0.15, 0.2) is 41.1 Å². The third-order valence-corrected chi connectivity index (χ3v) is 3.83. The molecule has 4 nitrogen and oxygen atoms in total. The number of hydrogen-bond acceptors (Lipinski definition) is 5. The van der Waals surface area contributed by atoms with Crippen LogP contribution in [0.1, 0.15) is 12.5 Å². The molecule has 3 rings (SSSR count). The maximum Gasteiger partial charge on any atom is 0.169 e. The predicted molar refractivity (Wildman–Crippen MR) is 85.1 cm³/mol. The maximum atomic E-state index is 5.97. The Bertz CT molecular complexity index is 709. The van der Waals surface area contributed by atoms with Gasteiger partial charge in [0.25, 0.3) is 0 Å². The van der Waals surface area contributed by atoms with Crippen LogP contribution in [-0.2, 0) is 6.42 Å². The van der Waals surface area contributed by atoms with E-state index >= 15 is 0 Å². The minimum atomic E-state index is 0.252. The summed E-state index contributed by atoms with van der Waals surface area (Å²) in [4.78, 5) is 8.93. The number of thiophene rings is 1. The van der Waals surface area contributed by atoms with Gasteiger partial charge in [0, 0.05) is 6.04 Å². The number of nitrogens with two attached hydrogens (primary N) is 1. The van der Waals surface area contributed by atoms with E-state index in [4.69, 9.17) is 5.73 Å². The van der Waals surface area contributed by atoms with E-state index in [0.717, 1.165) is 17.5 Å². The van der Waals surface area contributed by atoms with Gasteiger partial charge in [-0.2, -0.15) is 11.3 Å². The normalized spacial score (nSPS) is 12.4. The zero-order valence-electron chi connectivity index (χ0n) is 11.2. The molecule has 0 saturated carbocycles. The molecule has 20 heavy (non-hydrogen) atoms. The van der Waals surface area contributed by atoms with E-state index in [1.807, 2.05) is 24.3 Å². The zero-order valence-corrected chi connectivity index (χ0v) is 12.0. The van der Waals surface area contributed by atoms with Crippen molar-refractivity contribution in [2.75, 3.05) is 11.1 Å². The standard InChI is InChI=1S/C15H16N4S/c1-10(8-11-6-7-20-9-11)17-15-14(16)18-12-4-2-3-5-13(12)19-15/h2-7,9-10H,8H2,1H3,(H2,16,18)(H,17,19). The topological polar surface area (TPSA) is 63.8 Å². The molecule has 1 atom stereocenters. The fraction of sp³-hybridized carbons (Fsp3) is 0.200. The lowest BCUT2D eigenvalue weighted by Crippen LogP contribution is -2.20. The summed E-state index contributed by atoms with van der Waals surface area (Å²) in [6.07, 6.45) is 0.942. The van der Waals surface area contributed by atoms with Crippen LogP contribution >= 0.6 is 11.3 Å². The van der Waals surface area contributed by atoms with Crippen LogP contribution in [-0.4, -0.2) is 16.0 Å². The molecule has 0 saturated heterocycles. The fourth-order valence-corrected chi connectivity index (χ4v) is 2.85. The molecule has 3 N–H and O–H groups in total. The number of nitrogen functional groups attached to an aromatic ring is 1. The van der Waals surface area contributed by atoms with Gasteiger partial charge in [-0.1, -0.05) is 12.1 Å². The molecule has 0 amide bonds. The number of fused-ring (bicyclic) bond motifs is 1. The first-order chi connectivity index (χ1) is 9.72. The first-order valence-electron chi connectivity index (χ1n) is 6.52. The Balaban J connectivity index is 1.81. The summed E-state index contributed by atoms with van der Waals surface area (Å²) in [6.45, 7) is 2.12. The second-order valence-electron chi connectivity index (χ2n) is 4.83. The fourth-order valence-electron chi connectivity index (χ4n) is 2.17. The summed E-state index contributed by atoms with van der Waals surface area (Å²) >= 11 is 1.71. The first-order valence-corrected chi connectivity index (χ1v) is 7.46. The Kier molecular flexibility index (Phi) is 3.52. The molecule has 1 unspecified atom stereocenters. The molecule has 0 radical (unpaired) electrons. The predicted octanol–water partition coefficient (Wildman–Crippen LogP) is 3.32. The SMILES string of the molecule is CC(Cc1ccsc1)Nc1nc2ccccc2nc1N. The van der Waals surface area contributed by atoms with Crippen molar-refractivity contribution in [1.29, 1.82) is 0 Å². The van der Waals surface area contributed by atoms with E-state index in [-0.39, 0.29) is 6.04 Å². The van der Waals surface area contributed by atoms with Crippen LogP contribution in [0.5, 0.6) is 0 Å². The van der Waals surface area contributed by atoms with Gasteiger partial charge in [-0.3, -0.25) is 0 Å². The molecule has 3 aromatic rings. The lowest BCUT2D eigenvalue weighted by Gasteiger charge is -2.15. The van der Waals surface area contributed by atoms with Crippen molar-refractivity contribution in [2.45, 2.75) is 19.4 Å². The summed E-state index contributed by atoms with van der Waals surface area (Å²) < 4.78 is 0. The lowest BCUT2D eigenvalue weighted by molar-refractivity contribution is 0.787. The molecule has 1 aromatic carbocycles. The van der Waals surface area contributed by atoms with Gasteiger partial charge in [-0.05, 0) is 47.9 Å². The van der Waals surface area contributed by atoms with E-state index in [0.29, 0.717) is 11.6 Å². The van der Waals surface area contributed by atoms with Crippen molar-refractivity contribution < 1.29 is 0 Å². The number of anilines is 2. The van der Waals surface area contributed by atoms with Gasteiger partial charge >= 0.3 is 0 Å². The van der Waals surface area contributed by atoms with Crippen molar-refractivity contribution in [2.24, 2.45) is 0 Å². The second kappa shape index (κ2) is 5.46. The van der Waals surface area contributed by atoms with Crippen LogP contribution in [0, 0.1) is 0 Å². The number of benzene rings is 1. The van der Waals surface area contributed by atoms with Crippen LogP contribution in [0.25, 0.3) is 11.0 Å². The summed E-state index contributed by atoms with van der Waals surface area (Å²) in [5.74, 6) is 1.10. The smallest absolute Gasteiger partial charge is 0.169 e. The van der Waals surface area contributed by atoms with Gasteiger partial charge in [-0.25, -0.2) is 9.97 Å². The van der Waals surface area contributed by atoms with E-state index in [1.54, 1.807) is 11.3 Å². The molecular weight excluding hydrogens is 268 g/mol. The highest BCUT2D eigenvalue weighted by Gasteiger charge is 2.09. The van der Waals surface area contributed by atoms with Crippen LogP contribution in [0.2, 0.25) is 0 Å². The number of para-hydroxylation sites is 2. The van der Waals surface area contributed by atoms with Crippen molar-refractivity contribution in [3.8, 4) is 0 Å². The second-order valence-corrected chi connectivity index (χ2v) is 5.61. The highest BCUT2D eigenvalue weighted by atomic mass is 32.1. The van der Waals surface area contributed by atoms with Crippen LogP contribution in [0.4, 0.5) is 11.6 Å². The Morgan fingerprint density at radius 1 is 1.20 bits per heavy atom. The maximum absolute atomic E-state index is 5.97. The Morgan fingerprint density at radius 2 is 1.95 bits per heavy atom. The minimum absolute atomic E-state index is 0.252. The van der Waals surface area contributed by atoms with E-state index in [1.165, 1.54) is 5.56 Å². The quantitative estimate of drug-likeness (QED) is 0.771. The zero-order chi connectivity index (χ0) is 13.9. The molecule has 0 aliphatic carbocycles. The van der Waals surface area contributed by atoms with Gasteiger partial charge in [-0.15, -0.1) is 0 Å². The molecule has 2 aromatic heterocycles. The van der Waals surface area contributed by atoms with E-state index in [9.17, 15) is 0 Å². The minimum Gasteiger partial charge on any atom is -0.381 e. The van der Waals surface area contributed by atoms with Crippen molar-refractivity contribution in [1.82, 2.24) is 9.97 Å². The summed E-state index contributed by atoms with van der Waals surface area (Å²) in [5, 5.41) is 7.60. The van der Waals surface area contributed by atoms with Gasteiger partial charge in [0.05, 0.1) is 11.0 Å². The molecule has 5 heteroatoms. The average molecular weight is 284 g/mol. The number of nitrogens with one attached hydrogen (secondary N) is 1. The largest absolute Gasteiger partial charge is 0.381 e. The van der Waals surface area contributed by atoms with Gasteiger partial charge in [0.2, 0.25) is 0 Å². The summed E-state index contributed by atoms with van der Waals surface area (Å²) in [6, 6.07) is 10.1. The third-order valence-electron chi connectivity index (χ3n) is 3.10. The van der Waals surface area contributed by atoms with Crippen molar-refractivity contribution in [3.05, 3.63) is 46.7 Å². The van der Waals surface area contributed by atoms with Crippen LogP contribution in [0.3, 0.4) is 0 Å². The Hall–Kier alpha value is -2.14. The Labute approximate surface area is 121 Å². The first kappa shape index (κ1) is 12.9. The van der Waals surface area contributed by atoms with Crippen LogP contribution < -0.4 is 11.1 Å². The lowest BCUT2D eigenvalue weighted by atomic mass is 10.1. The molecular formula is C15H16N4S. The highest BCUT2D eigenvalue weighted by Crippen LogP contribution is 2.20. The van der Waals surface area contributed by atoms with E-state index < -0.39 is 0 Å². The number of hydrogen-bond donors (Lipinski definition) is 2. The number of nitrogens with zero attached hydrogens (tertiary/aromatic N) is 2. The molecule has 0 bridgehead atoms. The Morgan fingerprint density at radius 3 is 2.65 bits per heavy atom. The average Bonchev–Trinajstić information content (AvgIpc) is 2.92. The van der Waals surface area contributed by atoms with E-state index in [2.05, 4.69) is 39.0 Å². The molecule has 0 spiro atoms. The van der Waals surface area contributed by atoms with Crippen molar-refractivity contribution in [3.63, 3.8) is 0 Å². The molecule has 0 fully saturated rings. The highest BCUT2D eigenvalue weighted by molar-refractivity contribution is 7.07. The number of aromatic nitrogens is 2. The van der Waals surface area contributed by atoms with Gasteiger partial charge < -0.3 is 11.1 Å². The molecule has 2 heterocycles. The van der Waals surface area contributed by atoms with Gasteiger partial charge in [0.1, 0.15) is 0 Å². The molecule has 0 aliphatic rings. The number of rotatable bonds is 4. The molecule has 0 aliphatic heterocycles. The van der Waals surface area contributed by atoms with Crippen molar-refractivity contribution >= 4 is 34.0 Å². The summed E-state index contributed by atoms with van der Waals surface area (Å²) in [7, 11) is 0.